The van der Waals surface area contributed by atoms with E-state index in [1.807, 2.05) is 31.2 Å². The molecule has 0 aliphatic heterocycles. The van der Waals surface area contributed by atoms with Crippen molar-refractivity contribution in [1.82, 2.24) is 0 Å². The zero-order valence-electron chi connectivity index (χ0n) is 18.5. The van der Waals surface area contributed by atoms with Gasteiger partial charge in [0.1, 0.15) is 5.58 Å². The number of hydrogen-bond acceptors (Lipinski definition) is 6. The fourth-order valence-electron chi connectivity index (χ4n) is 3.42. The lowest BCUT2D eigenvalue weighted by Crippen LogP contribution is -2.14. The van der Waals surface area contributed by atoms with Crippen molar-refractivity contribution >= 4 is 23.0 Å². The van der Waals surface area contributed by atoms with E-state index in [0.29, 0.717) is 33.6 Å². The van der Waals surface area contributed by atoms with Gasteiger partial charge in [0.15, 0.2) is 17.3 Å². The summed E-state index contributed by atoms with van der Waals surface area (Å²) < 4.78 is 22.0. The molecule has 0 N–H and O–H groups in total. The fraction of sp³-hybridized carbons (Fsp3) is 0.111. The van der Waals surface area contributed by atoms with Crippen molar-refractivity contribution in [3.63, 3.8) is 0 Å². The van der Waals surface area contributed by atoms with E-state index in [1.165, 1.54) is 13.2 Å². The first-order chi connectivity index (χ1) is 16.0. The molecule has 0 amide bonds. The summed E-state index contributed by atoms with van der Waals surface area (Å²) in [5.41, 5.74) is 2.24. The van der Waals surface area contributed by atoms with E-state index >= 15 is 0 Å². The minimum atomic E-state index is -0.707. The van der Waals surface area contributed by atoms with Gasteiger partial charge in [-0.1, -0.05) is 48.0 Å². The van der Waals surface area contributed by atoms with E-state index in [0.717, 1.165) is 5.56 Å². The summed E-state index contributed by atoms with van der Waals surface area (Å²) in [5, 5.41) is 0.348. The summed E-state index contributed by atoms with van der Waals surface area (Å²) in [4.78, 5) is 25.9. The van der Waals surface area contributed by atoms with Crippen LogP contribution in [-0.4, -0.2) is 20.2 Å². The van der Waals surface area contributed by atoms with Gasteiger partial charge in [-0.15, -0.1) is 0 Å². The predicted octanol–water partition coefficient (Wildman–Crippen LogP) is 5.40. The van der Waals surface area contributed by atoms with Gasteiger partial charge in [0, 0.05) is 11.6 Å². The number of esters is 1. The van der Waals surface area contributed by atoms with Crippen molar-refractivity contribution in [2.75, 3.05) is 14.2 Å². The molecule has 0 bridgehead atoms. The van der Waals surface area contributed by atoms with Crippen LogP contribution in [0.1, 0.15) is 11.1 Å². The van der Waals surface area contributed by atoms with Crippen molar-refractivity contribution in [3.05, 3.63) is 94.2 Å². The third-order valence-electron chi connectivity index (χ3n) is 5.06. The topological polar surface area (TPSA) is 75.0 Å². The Labute approximate surface area is 190 Å². The molecule has 4 rings (SSSR count). The molecule has 3 aromatic carbocycles. The van der Waals surface area contributed by atoms with Crippen LogP contribution in [0.4, 0.5) is 0 Å². The molecule has 0 spiro atoms. The number of methoxy groups -OCH3 is 2. The van der Waals surface area contributed by atoms with Gasteiger partial charge in [0.25, 0.3) is 0 Å². The van der Waals surface area contributed by atoms with E-state index in [1.54, 1.807) is 55.7 Å². The van der Waals surface area contributed by atoms with Gasteiger partial charge in [-0.05, 0) is 42.8 Å². The maximum Gasteiger partial charge on any atom is 0.336 e. The summed E-state index contributed by atoms with van der Waals surface area (Å²) in [7, 11) is 3.08. The lowest BCUT2D eigenvalue weighted by molar-refractivity contribution is -0.129. The smallest absolute Gasteiger partial charge is 0.336 e. The quantitative estimate of drug-likeness (QED) is 0.294. The highest BCUT2D eigenvalue weighted by Crippen LogP contribution is 2.31. The molecule has 6 heteroatoms. The Morgan fingerprint density at radius 1 is 0.909 bits per heavy atom. The lowest BCUT2D eigenvalue weighted by Gasteiger charge is -2.10. The summed E-state index contributed by atoms with van der Waals surface area (Å²) >= 11 is 0. The first-order valence-electron chi connectivity index (χ1n) is 10.2. The summed E-state index contributed by atoms with van der Waals surface area (Å²) in [6.07, 6.45) is 2.81. The van der Waals surface area contributed by atoms with E-state index in [4.69, 9.17) is 18.6 Å². The van der Waals surface area contributed by atoms with Crippen LogP contribution < -0.4 is 19.6 Å². The van der Waals surface area contributed by atoms with Gasteiger partial charge < -0.3 is 18.6 Å². The first kappa shape index (κ1) is 21.9. The van der Waals surface area contributed by atoms with Crippen LogP contribution in [-0.2, 0) is 4.79 Å². The second-order valence-electron chi connectivity index (χ2n) is 7.32. The van der Waals surface area contributed by atoms with Crippen LogP contribution in [0.15, 0.2) is 82.0 Å². The van der Waals surface area contributed by atoms with Crippen molar-refractivity contribution < 1.29 is 23.4 Å². The van der Waals surface area contributed by atoms with E-state index in [2.05, 4.69) is 0 Å². The Bertz CT molecular complexity index is 1400. The average molecular weight is 442 g/mol. The molecule has 1 heterocycles. The zero-order chi connectivity index (χ0) is 23.4. The van der Waals surface area contributed by atoms with Crippen molar-refractivity contribution in [3.8, 4) is 28.6 Å². The number of fused-ring (bicyclic) bond motifs is 1. The lowest BCUT2D eigenvalue weighted by atomic mass is 10.1. The van der Waals surface area contributed by atoms with Crippen molar-refractivity contribution in [2.45, 2.75) is 6.92 Å². The van der Waals surface area contributed by atoms with Crippen LogP contribution in [0, 0.1) is 6.92 Å². The van der Waals surface area contributed by atoms with Crippen LogP contribution in [0.2, 0.25) is 0 Å². The molecule has 33 heavy (non-hydrogen) atoms. The molecule has 1 aromatic heterocycles. The average Bonchev–Trinajstić information content (AvgIpc) is 2.85. The number of rotatable bonds is 6. The second kappa shape index (κ2) is 9.44. The van der Waals surface area contributed by atoms with Crippen LogP contribution >= 0.6 is 0 Å². The van der Waals surface area contributed by atoms with Crippen LogP contribution in [0.3, 0.4) is 0 Å². The van der Waals surface area contributed by atoms with Gasteiger partial charge >= 0.3 is 5.97 Å². The highest BCUT2D eigenvalue weighted by atomic mass is 16.5. The number of aryl methyl sites for hydroxylation is 1. The Morgan fingerprint density at radius 3 is 2.39 bits per heavy atom. The maximum atomic E-state index is 13.2. The minimum absolute atomic E-state index is 0.152. The number of ether oxygens (including phenoxy) is 3. The largest absolute Gasteiger partial charge is 0.493 e. The Kier molecular flexibility index (Phi) is 6.26. The molecular formula is C27H22O6. The number of hydrogen-bond donors (Lipinski definition) is 0. The van der Waals surface area contributed by atoms with Gasteiger partial charge in [0.05, 0.1) is 19.6 Å². The maximum absolute atomic E-state index is 13.2. The van der Waals surface area contributed by atoms with E-state index in [-0.39, 0.29) is 11.5 Å². The SMILES string of the molecule is COc1ccc(C=CC(=O)Oc2c(-c3ccccc3)oc3ccc(C)cc3c2=O)cc1OC. The molecule has 0 saturated heterocycles. The van der Waals surface area contributed by atoms with Crippen LogP contribution in [0.5, 0.6) is 17.2 Å². The molecular weight excluding hydrogens is 420 g/mol. The predicted molar refractivity (Wildman–Crippen MR) is 127 cm³/mol. The summed E-state index contributed by atoms with van der Waals surface area (Å²) in [6.45, 7) is 1.88. The van der Waals surface area contributed by atoms with Gasteiger partial charge in [0.2, 0.25) is 11.2 Å². The van der Waals surface area contributed by atoms with Crippen molar-refractivity contribution in [1.29, 1.82) is 0 Å². The fourth-order valence-corrected chi connectivity index (χ4v) is 3.42. The van der Waals surface area contributed by atoms with Crippen LogP contribution in [0.25, 0.3) is 28.4 Å². The molecule has 0 aliphatic carbocycles. The Balaban J connectivity index is 1.71. The highest BCUT2D eigenvalue weighted by molar-refractivity contribution is 5.91. The zero-order valence-corrected chi connectivity index (χ0v) is 18.5. The Hall–Kier alpha value is -4.32. The Morgan fingerprint density at radius 2 is 1.67 bits per heavy atom. The third-order valence-corrected chi connectivity index (χ3v) is 5.06. The van der Waals surface area contributed by atoms with Crippen molar-refractivity contribution in [2.24, 2.45) is 0 Å². The monoisotopic (exact) mass is 442 g/mol. The molecule has 166 valence electrons. The molecule has 4 aromatic rings. The minimum Gasteiger partial charge on any atom is -0.493 e. The third kappa shape index (κ3) is 4.65. The van der Waals surface area contributed by atoms with Gasteiger partial charge in [-0.25, -0.2) is 4.79 Å². The molecule has 0 unspecified atom stereocenters. The number of carbonyl (C=O) groups is 1. The molecule has 0 aliphatic rings. The normalized spacial score (nSPS) is 11.0. The first-order valence-corrected chi connectivity index (χ1v) is 10.2. The number of benzene rings is 3. The highest BCUT2D eigenvalue weighted by Gasteiger charge is 2.20. The summed E-state index contributed by atoms with van der Waals surface area (Å²) in [5.74, 6) is 0.450. The van der Waals surface area contributed by atoms with E-state index < -0.39 is 11.4 Å². The van der Waals surface area contributed by atoms with E-state index in [9.17, 15) is 9.59 Å². The number of carbonyl (C=O) groups excluding carboxylic acids is 1. The molecule has 0 atom stereocenters. The van der Waals surface area contributed by atoms with Gasteiger partial charge in [-0.3, -0.25) is 4.79 Å². The molecule has 0 radical (unpaired) electrons. The molecule has 0 fully saturated rings. The second-order valence-corrected chi connectivity index (χ2v) is 7.32. The van der Waals surface area contributed by atoms with Gasteiger partial charge in [-0.2, -0.15) is 0 Å². The molecule has 0 saturated carbocycles. The summed E-state index contributed by atoms with van der Waals surface area (Å²) in [6, 6.07) is 19.6. The standard InChI is InChI=1S/C27H22O6/c1-17-9-12-21-20(15-17)25(29)27(26(32-21)19-7-5-4-6-8-19)33-24(28)14-11-18-10-13-22(30-2)23(16-18)31-3/h4-16H,1-3H3. The molecule has 6 nitrogen and oxygen atoms in total.